The zero-order valence-electron chi connectivity index (χ0n) is 9.14. The molecule has 0 aliphatic carbocycles. The van der Waals surface area contributed by atoms with E-state index in [4.69, 9.17) is 10.4 Å². The number of anilines is 1. The van der Waals surface area contributed by atoms with Crippen molar-refractivity contribution >= 4 is 28.8 Å². The molecule has 0 spiro atoms. The van der Waals surface area contributed by atoms with Gasteiger partial charge in [-0.3, -0.25) is 4.99 Å². The molecule has 2 N–H and O–H groups in total. The third-order valence-corrected chi connectivity index (χ3v) is 2.66. The second-order valence-electron chi connectivity index (χ2n) is 2.85. The van der Waals surface area contributed by atoms with Crippen molar-refractivity contribution in [2.45, 2.75) is 0 Å². The molecule has 0 fully saturated rings. The molecule has 1 rings (SSSR count). The average Bonchev–Trinajstić information content (AvgIpc) is 2.81. The zero-order chi connectivity index (χ0) is 12.7. The highest BCUT2D eigenvalue weighted by Gasteiger charge is 2.14. The number of hydrogen-bond donors (Lipinski definition) is 2. The largest absolute Gasteiger partial charge is 0.465 e. The molecule has 0 aliphatic heterocycles. The lowest BCUT2D eigenvalue weighted by Crippen LogP contribution is -2.13. The summed E-state index contributed by atoms with van der Waals surface area (Å²) in [6, 6.07) is 3.50. The lowest BCUT2D eigenvalue weighted by Gasteiger charge is -2.03. The van der Waals surface area contributed by atoms with Crippen LogP contribution in [0.15, 0.2) is 16.4 Å². The Balaban J connectivity index is 2.84. The lowest BCUT2D eigenvalue weighted by molar-refractivity contribution is 0.0607. The lowest BCUT2D eigenvalue weighted by atomic mass is 10.4. The van der Waals surface area contributed by atoms with E-state index >= 15 is 0 Å². The molecule has 0 aliphatic rings. The van der Waals surface area contributed by atoms with E-state index in [1.165, 1.54) is 18.4 Å². The first kappa shape index (κ1) is 13.2. The van der Waals surface area contributed by atoms with Gasteiger partial charge >= 0.3 is 5.97 Å². The van der Waals surface area contributed by atoms with Crippen LogP contribution in [0.3, 0.4) is 0 Å². The summed E-state index contributed by atoms with van der Waals surface area (Å²) in [5.74, 6) is -0.426. The minimum absolute atomic E-state index is 0.0441. The van der Waals surface area contributed by atoms with Crippen LogP contribution in [0.2, 0.25) is 0 Å². The number of aliphatic imine (C=N–C) groups is 1. The third-order valence-electron chi connectivity index (χ3n) is 1.76. The maximum Gasteiger partial charge on any atom is 0.350 e. The highest BCUT2D eigenvalue weighted by atomic mass is 32.1. The van der Waals surface area contributed by atoms with Crippen LogP contribution in [0.5, 0.6) is 0 Å². The number of amidine groups is 1. The molecule has 0 amide bonds. The zero-order valence-corrected chi connectivity index (χ0v) is 9.95. The van der Waals surface area contributed by atoms with Gasteiger partial charge in [0.2, 0.25) is 5.84 Å². The van der Waals surface area contributed by atoms with Crippen LogP contribution in [0.25, 0.3) is 0 Å². The molecule has 7 heteroatoms. The Morgan fingerprint density at radius 1 is 1.76 bits per heavy atom. The number of aliphatic hydroxyl groups excluding tert-OH is 1. The van der Waals surface area contributed by atoms with Gasteiger partial charge in [0, 0.05) is 0 Å². The molecule has 0 bridgehead atoms. The summed E-state index contributed by atoms with van der Waals surface area (Å²) in [6.07, 6.45) is 0. The Hall–Kier alpha value is -1.91. The quantitative estimate of drug-likeness (QED) is 0.471. The molecule has 0 aromatic carbocycles. The Morgan fingerprint density at radius 2 is 2.53 bits per heavy atom. The number of nitrogens with zero attached hydrogens (tertiary/aromatic N) is 2. The maximum absolute atomic E-state index is 11.4. The minimum atomic E-state index is -0.470. The van der Waals surface area contributed by atoms with E-state index in [1.54, 1.807) is 11.4 Å². The molecular weight excluding hydrogens is 242 g/mol. The van der Waals surface area contributed by atoms with Crippen molar-refractivity contribution in [2.75, 3.05) is 25.6 Å². The van der Waals surface area contributed by atoms with Crippen LogP contribution in [0, 0.1) is 11.3 Å². The van der Waals surface area contributed by atoms with Crippen molar-refractivity contribution in [1.82, 2.24) is 0 Å². The van der Waals surface area contributed by atoms with Gasteiger partial charge < -0.3 is 15.2 Å². The maximum atomic E-state index is 11.4. The summed E-state index contributed by atoms with van der Waals surface area (Å²) >= 11 is 1.21. The van der Waals surface area contributed by atoms with E-state index in [-0.39, 0.29) is 19.0 Å². The van der Waals surface area contributed by atoms with E-state index in [1.807, 2.05) is 6.07 Å². The molecule has 90 valence electrons. The summed E-state index contributed by atoms with van der Waals surface area (Å²) in [5.41, 5.74) is 0.472. The second-order valence-corrected chi connectivity index (χ2v) is 3.76. The predicted octanol–water partition coefficient (Wildman–Crippen LogP) is 0.861. The average molecular weight is 253 g/mol. The molecule has 0 radical (unpaired) electrons. The predicted molar refractivity (Wildman–Crippen MR) is 64.3 cm³/mol. The summed E-state index contributed by atoms with van der Waals surface area (Å²) in [7, 11) is 1.29. The first-order valence-electron chi connectivity index (χ1n) is 4.71. The number of ether oxygens (including phenoxy) is 1. The fourth-order valence-electron chi connectivity index (χ4n) is 1.05. The topological polar surface area (TPSA) is 94.7 Å². The number of rotatable bonds is 4. The van der Waals surface area contributed by atoms with Crippen LogP contribution in [-0.2, 0) is 4.74 Å². The molecule has 0 unspecified atom stereocenters. The fourth-order valence-corrected chi connectivity index (χ4v) is 1.82. The summed E-state index contributed by atoms with van der Waals surface area (Å²) < 4.78 is 4.60. The molecule has 17 heavy (non-hydrogen) atoms. The number of aliphatic hydroxyl groups is 1. The van der Waals surface area contributed by atoms with Gasteiger partial charge in [-0.05, 0) is 11.4 Å². The van der Waals surface area contributed by atoms with Crippen molar-refractivity contribution in [3.05, 3.63) is 16.3 Å². The van der Waals surface area contributed by atoms with E-state index in [2.05, 4.69) is 15.0 Å². The van der Waals surface area contributed by atoms with E-state index < -0.39 is 5.97 Å². The van der Waals surface area contributed by atoms with Gasteiger partial charge in [-0.1, -0.05) is 0 Å². The first-order valence-corrected chi connectivity index (χ1v) is 5.59. The number of nitrogens with one attached hydrogen (secondary N) is 1. The van der Waals surface area contributed by atoms with Crippen molar-refractivity contribution in [2.24, 2.45) is 4.99 Å². The number of esters is 1. The number of nitriles is 1. The van der Waals surface area contributed by atoms with Gasteiger partial charge in [-0.2, -0.15) is 5.26 Å². The molecule has 1 aromatic heterocycles. The smallest absolute Gasteiger partial charge is 0.350 e. The van der Waals surface area contributed by atoms with Gasteiger partial charge in [0.05, 0.1) is 25.9 Å². The molecule has 6 nitrogen and oxygen atoms in total. The first-order chi connectivity index (χ1) is 8.22. The number of carbonyl (C=O) groups is 1. The summed E-state index contributed by atoms with van der Waals surface area (Å²) in [6.45, 7) is -0.00601. The molecule has 1 aromatic rings. The number of carbonyl (C=O) groups excluding carboxylic acids is 1. The number of thiophene rings is 1. The SMILES string of the molecule is COC(=O)c1sccc1NC(C#N)=NCCO. The van der Waals surface area contributed by atoms with Crippen LogP contribution >= 0.6 is 11.3 Å². The van der Waals surface area contributed by atoms with Gasteiger partial charge in [0.15, 0.2) is 0 Å². The van der Waals surface area contributed by atoms with Crippen molar-refractivity contribution in [3.8, 4) is 6.07 Å². The van der Waals surface area contributed by atoms with Crippen molar-refractivity contribution in [3.63, 3.8) is 0 Å². The Bertz CT molecular complexity index is 462. The Labute approximate surface area is 102 Å². The van der Waals surface area contributed by atoms with Crippen LogP contribution in [-0.4, -0.2) is 37.2 Å². The molecular formula is C10H11N3O3S. The Morgan fingerprint density at radius 3 is 3.12 bits per heavy atom. The minimum Gasteiger partial charge on any atom is -0.465 e. The highest BCUT2D eigenvalue weighted by molar-refractivity contribution is 7.12. The molecule has 0 saturated carbocycles. The third kappa shape index (κ3) is 3.55. The monoisotopic (exact) mass is 253 g/mol. The second kappa shape index (κ2) is 6.62. The van der Waals surface area contributed by atoms with Crippen LogP contribution in [0.1, 0.15) is 9.67 Å². The van der Waals surface area contributed by atoms with Gasteiger partial charge in [0.25, 0.3) is 0 Å². The van der Waals surface area contributed by atoms with E-state index in [9.17, 15) is 4.79 Å². The van der Waals surface area contributed by atoms with Crippen LogP contribution < -0.4 is 5.32 Å². The standard InChI is InChI=1S/C10H11N3O3S/c1-16-10(15)9-7(2-5-17-9)13-8(6-11)12-3-4-14/h2,5,14H,3-4H2,1H3,(H,12,13). The van der Waals surface area contributed by atoms with Gasteiger partial charge in [0.1, 0.15) is 10.9 Å². The van der Waals surface area contributed by atoms with Crippen molar-refractivity contribution in [1.29, 1.82) is 5.26 Å². The molecule has 0 saturated heterocycles. The fraction of sp³-hybridized carbons (Fsp3) is 0.300. The summed E-state index contributed by atoms with van der Waals surface area (Å²) in [5, 5.41) is 21.8. The normalized spacial score (nSPS) is 10.8. The van der Waals surface area contributed by atoms with E-state index in [0.717, 1.165) is 0 Å². The molecule has 0 atom stereocenters. The number of methoxy groups -OCH3 is 1. The summed E-state index contributed by atoms with van der Waals surface area (Å²) in [4.78, 5) is 15.5. The Kier molecular flexibility index (Phi) is 5.13. The number of hydrogen-bond acceptors (Lipinski definition) is 6. The molecule has 1 heterocycles. The van der Waals surface area contributed by atoms with E-state index in [0.29, 0.717) is 10.6 Å². The van der Waals surface area contributed by atoms with Gasteiger partial charge in [-0.25, -0.2) is 4.79 Å². The highest BCUT2D eigenvalue weighted by Crippen LogP contribution is 2.22. The van der Waals surface area contributed by atoms with Gasteiger partial charge in [-0.15, -0.1) is 11.3 Å². The van der Waals surface area contributed by atoms with Crippen LogP contribution in [0.4, 0.5) is 5.69 Å². The van der Waals surface area contributed by atoms with Crippen molar-refractivity contribution < 1.29 is 14.6 Å².